The molecule has 0 fully saturated rings. The van der Waals surface area contributed by atoms with Gasteiger partial charge in [-0.05, 0) is 13.5 Å². The van der Waals surface area contributed by atoms with E-state index in [1.54, 1.807) is 0 Å². The van der Waals surface area contributed by atoms with E-state index in [0.717, 1.165) is 13.0 Å². The summed E-state index contributed by atoms with van der Waals surface area (Å²) < 4.78 is 15.9. The number of likely N-dealkylation sites (N-methyl/N-ethyl adjacent to an activating group) is 1. The average Bonchev–Trinajstić information content (AvgIpc) is 2.40. The van der Waals surface area contributed by atoms with E-state index in [1.807, 2.05) is 14.0 Å². The number of amides is 1. The smallest absolute Gasteiger partial charge is 0.220 e. The SMILES string of the molecule is CCCC(=O)NCCOCCOCCOCCNC. The maximum absolute atomic E-state index is 11.1. The minimum Gasteiger partial charge on any atom is -0.378 e. The standard InChI is InChI=1S/C13H28N2O4/c1-3-4-13(16)15-6-8-18-10-12-19-11-9-17-7-5-14-2/h14H,3-12H2,1-2H3,(H,15,16). The largest absolute Gasteiger partial charge is 0.378 e. The molecule has 0 bridgehead atoms. The number of nitrogens with one attached hydrogen (secondary N) is 2. The lowest BCUT2D eigenvalue weighted by Crippen LogP contribution is -2.27. The van der Waals surface area contributed by atoms with Crippen molar-refractivity contribution in [1.82, 2.24) is 10.6 Å². The Kier molecular flexibility index (Phi) is 14.8. The van der Waals surface area contributed by atoms with Crippen molar-refractivity contribution in [2.75, 3.05) is 59.8 Å². The van der Waals surface area contributed by atoms with Gasteiger partial charge >= 0.3 is 0 Å². The van der Waals surface area contributed by atoms with Crippen LogP contribution in [0.25, 0.3) is 0 Å². The Morgan fingerprint density at radius 2 is 1.42 bits per heavy atom. The molecule has 0 aliphatic rings. The van der Waals surface area contributed by atoms with Crippen LogP contribution in [0.3, 0.4) is 0 Å². The van der Waals surface area contributed by atoms with Crippen LogP contribution in [0.2, 0.25) is 0 Å². The fourth-order valence-electron chi connectivity index (χ4n) is 1.29. The Bertz CT molecular complexity index is 203. The van der Waals surface area contributed by atoms with Crippen molar-refractivity contribution in [3.05, 3.63) is 0 Å². The second-order valence-electron chi connectivity index (χ2n) is 4.04. The van der Waals surface area contributed by atoms with Gasteiger partial charge in [0.05, 0.1) is 39.6 Å². The molecule has 0 heterocycles. The summed E-state index contributed by atoms with van der Waals surface area (Å²) in [6, 6.07) is 0. The van der Waals surface area contributed by atoms with Gasteiger partial charge in [0.1, 0.15) is 0 Å². The van der Waals surface area contributed by atoms with Gasteiger partial charge in [0.2, 0.25) is 5.91 Å². The van der Waals surface area contributed by atoms with Crippen LogP contribution in [-0.4, -0.2) is 65.7 Å². The van der Waals surface area contributed by atoms with Crippen molar-refractivity contribution in [1.29, 1.82) is 0 Å². The van der Waals surface area contributed by atoms with Crippen molar-refractivity contribution in [2.45, 2.75) is 19.8 Å². The van der Waals surface area contributed by atoms with Gasteiger partial charge in [0, 0.05) is 19.5 Å². The quantitative estimate of drug-likeness (QED) is 0.443. The molecule has 0 aliphatic carbocycles. The van der Waals surface area contributed by atoms with Crippen molar-refractivity contribution >= 4 is 5.91 Å². The van der Waals surface area contributed by atoms with Crippen molar-refractivity contribution in [3.8, 4) is 0 Å². The zero-order valence-corrected chi connectivity index (χ0v) is 12.2. The molecule has 1 amide bonds. The molecule has 6 nitrogen and oxygen atoms in total. The molecule has 0 aromatic rings. The van der Waals surface area contributed by atoms with Crippen LogP contribution < -0.4 is 10.6 Å². The minimum absolute atomic E-state index is 0.0843. The third-order valence-electron chi connectivity index (χ3n) is 2.29. The van der Waals surface area contributed by atoms with Gasteiger partial charge < -0.3 is 24.8 Å². The van der Waals surface area contributed by atoms with Crippen LogP contribution in [-0.2, 0) is 19.0 Å². The molecule has 0 unspecified atom stereocenters. The molecule has 0 saturated heterocycles. The average molecular weight is 276 g/mol. The third kappa shape index (κ3) is 15.3. The Labute approximate surface area is 116 Å². The van der Waals surface area contributed by atoms with E-state index in [-0.39, 0.29) is 5.91 Å². The molecule has 6 heteroatoms. The number of carbonyl (C=O) groups is 1. The van der Waals surface area contributed by atoms with Crippen LogP contribution in [0, 0.1) is 0 Å². The highest BCUT2D eigenvalue weighted by molar-refractivity contribution is 5.75. The van der Waals surface area contributed by atoms with Gasteiger partial charge in [-0.2, -0.15) is 0 Å². The molecule has 0 radical (unpaired) electrons. The number of ether oxygens (including phenoxy) is 3. The van der Waals surface area contributed by atoms with Gasteiger partial charge in [0.25, 0.3) is 0 Å². The summed E-state index contributed by atoms with van der Waals surface area (Å²) in [6.07, 6.45) is 1.45. The molecule has 19 heavy (non-hydrogen) atoms. The van der Waals surface area contributed by atoms with Gasteiger partial charge in [-0.15, -0.1) is 0 Å². The lowest BCUT2D eigenvalue weighted by Gasteiger charge is -2.07. The first kappa shape index (κ1) is 18.3. The summed E-state index contributed by atoms with van der Waals surface area (Å²) in [6.45, 7) is 6.91. The fourth-order valence-corrected chi connectivity index (χ4v) is 1.29. The summed E-state index contributed by atoms with van der Waals surface area (Å²) in [7, 11) is 1.89. The van der Waals surface area contributed by atoms with E-state index in [2.05, 4.69) is 10.6 Å². The third-order valence-corrected chi connectivity index (χ3v) is 2.29. The number of hydrogen-bond donors (Lipinski definition) is 2. The number of hydrogen-bond acceptors (Lipinski definition) is 5. The molecule has 114 valence electrons. The molecule has 0 saturated carbocycles. The molecule has 0 aromatic heterocycles. The highest BCUT2D eigenvalue weighted by Crippen LogP contribution is 1.85. The maximum atomic E-state index is 11.1. The van der Waals surface area contributed by atoms with Gasteiger partial charge in [-0.25, -0.2) is 0 Å². The normalized spacial score (nSPS) is 10.6. The molecule has 0 aromatic carbocycles. The van der Waals surface area contributed by atoms with Crippen molar-refractivity contribution < 1.29 is 19.0 Å². The van der Waals surface area contributed by atoms with E-state index in [9.17, 15) is 4.79 Å². The summed E-state index contributed by atoms with van der Waals surface area (Å²) in [4.78, 5) is 11.1. The molecule has 0 rings (SSSR count). The molecular formula is C13H28N2O4. The maximum Gasteiger partial charge on any atom is 0.220 e. The summed E-state index contributed by atoms with van der Waals surface area (Å²) in [5.41, 5.74) is 0. The van der Waals surface area contributed by atoms with Gasteiger partial charge in [-0.1, -0.05) is 6.92 Å². The summed E-state index contributed by atoms with van der Waals surface area (Å²) in [5.74, 6) is 0.0843. The monoisotopic (exact) mass is 276 g/mol. The first-order chi connectivity index (χ1) is 9.31. The molecule has 2 N–H and O–H groups in total. The van der Waals surface area contributed by atoms with E-state index in [1.165, 1.54) is 0 Å². The zero-order valence-electron chi connectivity index (χ0n) is 12.2. The van der Waals surface area contributed by atoms with Crippen LogP contribution in [0.1, 0.15) is 19.8 Å². The van der Waals surface area contributed by atoms with Crippen LogP contribution >= 0.6 is 0 Å². The number of rotatable bonds is 14. The highest BCUT2D eigenvalue weighted by Gasteiger charge is 1.97. The van der Waals surface area contributed by atoms with Crippen molar-refractivity contribution in [2.24, 2.45) is 0 Å². The van der Waals surface area contributed by atoms with E-state index in [0.29, 0.717) is 52.6 Å². The van der Waals surface area contributed by atoms with Crippen LogP contribution in [0.4, 0.5) is 0 Å². The Morgan fingerprint density at radius 1 is 0.895 bits per heavy atom. The summed E-state index contributed by atoms with van der Waals surface area (Å²) in [5, 5.41) is 5.78. The van der Waals surface area contributed by atoms with Crippen LogP contribution in [0.5, 0.6) is 0 Å². The topological polar surface area (TPSA) is 68.8 Å². The van der Waals surface area contributed by atoms with E-state index >= 15 is 0 Å². The second-order valence-corrected chi connectivity index (χ2v) is 4.04. The molecule has 0 atom stereocenters. The number of carbonyl (C=O) groups excluding carboxylic acids is 1. The van der Waals surface area contributed by atoms with E-state index < -0.39 is 0 Å². The predicted octanol–water partition coefficient (Wildman–Crippen LogP) is 0.172. The second kappa shape index (κ2) is 15.4. The molecule has 0 aliphatic heterocycles. The first-order valence-electron chi connectivity index (χ1n) is 6.95. The Hall–Kier alpha value is -0.690. The van der Waals surface area contributed by atoms with Crippen LogP contribution in [0.15, 0.2) is 0 Å². The molecular weight excluding hydrogens is 248 g/mol. The van der Waals surface area contributed by atoms with Gasteiger partial charge in [-0.3, -0.25) is 4.79 Å². The highest BCUT2D eigenvalue weighted by atomic mass is 16.5. The van der Waals surface area contributed by atoms with Crippen molar-refractivity contribution in [3.63, 3.8) is 0 Å². The lowest BCUT2D eigenvalue weighted by molar-refractivity contribution is -0.121. The molecule has 0 spiro atoms. The lowest BCUT2D eigenvalue weighted by atomic mass is 10.3. The van der Waals surface area contributed by atoms with Gasteiger partial charge in [0.15, 0.2) is 0 Å². The zero-order chi connectivity index (χ0) is 14.2. The summed E-state index contributed by atoms with van der Waals surface area (Å²) >= 11 is 0. The Morgan fingerprint density at radius 3 is 1.95 bits per heavy atom. The first-order valence-corrected chi connectivity index (χ1v) is 6.95. The Balaban J connectivity index is 3.01. The predicted molar refractivity (Wildman–Crippen MR) is 74.3 cm³/mol. The fraction of sp³-hybridized carbons (Fsp3) is 0.923. The minimum atomic E-state index is 0.0843. The van der Waals surface area contributed by atoms with E-state index in [4.69, 9.17) is 14.2 Å².